The summed E-state index contributed by atoms with van der Waals surface area (Å²) in [7, 11) is 1.13. The van der Waals surface area contributed by atoms with Gasteiger partial charge in [0.25, 0.3) is 0 Å². The first-order valence-electron chi connectivity index (χ1n) is 3.66. The Kier molecular flexibility index (Phi) is 3.54. The van der Waals surface area contributed by atoms with E-state index in [2.05, 4.69) is 6.66 Å². The second kappa shape index (κ2) is 4.24. The third-order valence-corrected chi connectivity index (χ3v) is 2.82. The molecule has 0 aromatic rings. The quantitative estimate of drug-likeness (QED) is 0.539. The van der Waals surface area contributed by atoms with Crippen LogP contribution < -0.4 is 0 Å². The average Bonchev–Trinajstić information content (AvgIpc) is 1.91. The molecule has 1 nitrogen and oxygen atoms in total. The van der Waals surface area contributed by atoms with E-state index in [0.29, 0.717) is 0 Å². The summed E-state index contributed by atoms with van der Waals surface area (Å²) in [6.07, 6.45) is 4.05. The van der Waals surface area contributed by atoms with Crippen LogP contribution in [0.1, 0.15) is 12.8 Å². The summed E-state index contributed by atoms with van der Waals surface area (Å²) in [5.74, 6) is 0.988. The third kappa shape index (κ3) is 2.64. The molecular weight excluding hydrogens is 131 g/mol. The van der Waals surface area contributed by atoms with E-state index in [1.54, 1.807) is 0 Å². The third-order valence-electron chi connectivity index (χ3n) is 1.83. The Morgan fingerprint density at radius 1 is 1.44 bits per heavy atom. The molecule has 1 atom stereocenters. The van der Waals surface area contributed by atoms with Gasteiger partial charge in [-0.05, 0) is 31.6 Å². The zero-order valence-corrected chi connectivity index (χ0v) is 7.02. The molecule has 2 heteroatoms. The number of ether oxygens (including phenoxy) is 1. The van der Waals surface area contributed by atoms with Crippen molar-refractivity contribution in [1.82, 2.24) is 0 Å². The van der Waals surface area contributed by atoms with Gasteiger partial charge in [-0.15, -0.1) is 8.58 Å². The maximum atomic E-state index is 5.25. The van der Waals surface area contributed by atoms with Crippen molar-refractivity contribution in [1.29, 1.82) is 0 Å². The largest absolute Gasteiger partial charge is 0.381 e. The lowest BCUT2D eigenvalue weighted by molar-refractivity contribution is 0.0726. The molecule has 1 unspecified atom stereocenters. The molecule has 1 aliphatic rings. The minimum atomic E-state index is 0.988. The molecule has 0 amide bonds. The predicted octanol–water partition coefficient (Wildman–Crippen LogP) is 1.72. The van der Waals surface area contributed by atoms with Crippen LogP contribution in [0.25, 0.3) is 0 Å². The zero-order valence-electron chi connectivity index (χ0n) is 6.02. The summed E-state index contributed by atoms with van der Waals surface area (Å²) in [6, 6.07) is 0. The van der Waals surface area contributed by atoms with E-state index in [-0.39, 0.29) is 0 Å². The van der Waals surface area contributed by atoms with Crippen molar-refractivity contribution in [3.8, 4) is 0 Å². The van der Waals surface area contributed by atoms with E-state index < -0.39 is 0 Å². The lowest BCUT2D eigenvalue weighted by Crippen LogP contribution is -2.16. The van der Waals surface area contributed by atoms with Gasteiger partial charge in [-0.25, -0.2) is 0 Å². The van der Waals surface area contributed by atoms with E-state index in [0.717, 1.165) is 27.7 Å². The predicted molar refractivity (Wildman–Crippen MR) is 42.6 cm³/mol. The van der Waals surface area contributed by atoms with Crippen LogP contribution in [-0.4, -0.2) is 26.0 Å². The highest BCUT2D eigenvalue weighted by atomic mass is 31.1. The first-order chi connectivity index (χ1) is 4.43. The minimum Gasteiger partial charge on any atom is -0.381 e. The highest BCUT2D eigenvalue weighted by molar-refractivity contribution is 7.36. The lowest BCUT2D eigenvalue weighted by Gasteiger charge is -2.20. The molecule has 0 spiro atoms. The van der Waals surface area contributed by atoms with Crippen molar-refractivity contribution in [3.63, 3.8) is 0 Å². The number of hydrogen-bond donors (Lipinski definition) is 0. The van der Waals surface area contributed by atoms with Gasteiger partial charge in [0, 0.05) is 13.2 Å². The van der Waals surface area contributed by atoms with Gasteiger partial charge in [0.1, 0.15) is 0 Å². The van der Waals surface area contributed by atoms with Crippen molar-refractivity contribution in [2.45, 2.75) is 12.8 Å². The highest BCUT2D eigenvalue weighted by Gasteiger charge is 2.11. The van der Waals surface area contributed by atoms with Crippen LogP contribution in [0.15, 0.2) is 0 Å². The SMILES string of the molecule is CPCC1CCOCC1. The molecule has 1 fully saturated rings. The van der Waals surface area contributed by atoms with Crippen molar-refractivity contribution in [2.75, 3.05) is 26.0 Å². The fourth-order valence-electron chi connectivity index (χ4n) is 1.24. The van der Waals surface area contributed by atoms with Gasteiger partial charge in [0.05, 0.1) is 0 Å². The zero-order chi connectivity index (χ0) is 6.53. The Balaban J connectivity index is 2.08. The van der Waals surface area contributed by atoms with Gasteiger partial charge in [-0.2, -0.15) is 0 Å². The molecule has 1 heterocycles. The summed E-state index contributed by atoms with van der Waals surface area (Å²) in [4.78, 5) is 0. The molecule has 54 valence electrons. The van der Waals surface area contributed by atoms with Gasteiger partial charge in [0.15, 0.2) is 0 Å². The van der Waals surface area contributed by atoms with Crippen LogP contribution in [0.5, 0.6) is 0 Å². The van der Waals surface area contributed by atoms with Crippen LogP contribution >= 0.6 is 8.58 Å². The van der Waals surface area contributed by atoms with Crippen LogP contribution in [0, 0.1) is 5.92 Å². The first kappa shape index (κ1) is 7.50. The minimum absolute atomic E-state index is 0.988. The fraction of sp³-hybridized carbons (Fsp3) is 1.00. The standard InChI is InChI=1S/C7H15OP/c1-9-6-7-2-4-8-5-3-7/h7,9H,2-6H2,1H3. The van der Waals surface area contributed by atoms with Gasteiger partial charge in [0.2, 0.25) is 0 Å². The first-order valence-corrected chi connectivity index (χ1v) is 5.36. The molecular formula is C7H15OP. The van der Waals surface area contributed by atoms with Crippen LogP contribution in [0.3, 0.4) is 0 Å². The molecule has 0 saturated carbocycles. The van der Waals surface area contributed by atoms with E-state index >= 15 is 0 Å². The normalized spacial score (nSPS) is 23.7. The second-order valence-corrected chi connectivity index (χ2v) is 3.73. The van der Waals surface area contributed by atoms with Crippen molar-refractivity contribution in [3.05, 3.63) is 0 Å². The monoisotopic (exact) mass is 146 g/mol. The summed E-state index contributed by atoms with van der Waals surface area (Å²) in [5, 5.41) is 0. The van der Waals surface area contributed by atoms with Crippen molar-refractivity contribution < 1.29 is 4.74 Å². The van der Waals surface area contributed by atoms with E-state index in [1.165, 1.54) is 19.0 Å². The van der Waals surface area contributed by atoms with Crippen LogP contribution in [0.4, 0.5) is 0 Å². The molecule has 0 N–H and O–H groups in total. The topological polar surface area (TPSA) is 9.23 Å². The maximum Gasteiger partial charge on any atom is 0.0468 e. The Morgan fingerprint density at radius 2 is 2.11 bits per heavy atom. The number of rotatable bonds is 2. The smallest absolute Gasteiger partial charge is 0.0468 e. The Bertz CT molecular complexity index is 66.6. The molecule has 0 aromatic carbocycles. The summed E-state index contributed by atoms with van der Waals surface area (Å²) in [5.41, 5.74) is 0. The van der Waals surface area contributed by atoms with E-state index in [9.17, 15) is 0 Å². The number of hydrogen-bond acceptors (Lipinski definition) is 1. The van der Waals surface area contributed by atoms with E-state index in [4.69, 9.17) is 4.74 Å². The molecule has 1 rings (SSSR count). The van der Waals surface area contributed by atoms with Gasteiger partial charge >= 0.3 is 0 Å². The van der Waals surface area contributed by atoms with Gasteiger partial charge in [-0.3, -0.25) is 0 Å². The second-order valence-electron chi connectivity index (χ2n) is 2.61. The average molecular weight is 146 g/mol. The van der Waals surface area contributed by atoms with Gasteiger partial charge in [-0.1, -0.05) is 0 Å². The molecule has 1 saturated heterocycles. The Labute approximate surface area is 59.0 Å². The molecule has 0 bridgehead atoms. The molecule has 0 aliphatic carbocycles. The summed E-state index contributed by atoms with van der Waals surface area (Å²) >= 11 is 0. The fourth-order valence-corrected chi connectivity index (χ4v) is 2.22. The molecule has 0 aromatic heterocycles. The van der Waals surface area contributed by atoms with Gasteiger partial charge < -0.3 is 4.74 Å². The van der Waals surface area contributed by atoms with E-state index in [1.807, 2.05) is 0 Å². The van der Waals surface area contributed by atoms with Crippen molar-refractivity contribution >= 4 is 8.58 Å². The van der Waals surface area contributed by atoms with Crippen LogP contribution in [-0.2, 0) is 4.74 Å². The van der Waals surface area contributed by atoms with Crippen molar-refractivity contribution in [2.24, 2.45) is 5.92 Å². The Morgan fingerprint density at radius 3 is 2.67 bits per heavy atom. The summed E-state index contributed by atoms with van der Waals surface area (Å²) < 4.78 is 5.25. The lowest BCUT2D eigenvalue weighted by atomic mass is 10.0. The highest BCUT2D eigenvalue weighted by Crippen LogP contribution is 2.20. The molecule has 0 radical (unpaired) electrons. The maximum absolute atomic E-state index is 5.25. The molecule has 1 aliphatic heterocycles. The van der Waals surface area contributed by atoms with Crippen LogP contribution in [0.2, 0.25) is 0 Å². The molecule has 9 heavy (non-hydrogen) atoms. The Hall–Kier alpha value is 0.390. The summed E-state index contributed by atoms with van der Waals surface area (Å²) in [6.45, 7) is 4.31.